The van der Waals surface area contributed by atoms with Crippen LogP contribution in [0, 0.1) is 6.92 Å². The molecule has 0 saturated heterocycles. The topological polar surface area (TPSA) is 110 Å². The van der Waals surface area contributed by atoms with Crippen LogP contribution in [0.15, 0.2) is 21.7 Å². The van der Waals surface area contributed by atoms with E-state index in [1.165, 1.54) is 14.0 Å². The fourth-order valence-corrected chi connectivity index (χ4v) is 2.20. The molecule has 112 valence electrons. The van der Waals surface area contributed by atoms with Crippen LogP contribution in [0.25, 0.3) is 22.2 Å². The van der Waals surface area contributed by atoms with E-state index in [1.54, 1.807) is 12.1 Å². The highest BCUT2D eigenvalue weighted by atomic mass is 16.2. The van der Waals surface area contributed by atoms with Gasteiger partial charge in [0, 0.05) is 19.7 Å². The Morgan fingerprint density at radius 3 is 2.59 bits per heavy atom. The van der Waals surface area contributed by atoms with Gasteiger partial charge in [0.15, 0.2) is 11.2 Å². The Bertz CT molecular complexity index is 1050. The Labute approximate surface area is 123 Å². The SMILES string of the molecule is CC(=O)Nc1cc2nc3[nH]c(=O)n(C)c(=O)c3nc2cc1C. The summed E-state index contributed by atoms with van der Waals surface area (Å²) in [6, 6.07) is 3.39. The molecule has 22 heavy (non-hydrogen) atoms. The Hall–Kier alpha value is -3.03. The van der Waals surface area contributed by atoms with Crippen LogP contribution in [0.3, 0.4) is 0 Å². The Balaban J connectivity index is 2.37. The molecular formula is C14H13N5O3. The standard InChI is InChI=1S/C14H13N5O3/c1-6-4-9-10(5-8(6)15-7(2)20)17-12-11(16-9)13(21)19(3)14(22)18-12/h4-5H,1-3H3,(H,15,20)(H,17,18,22). The molecule has 8 heteroatoms. The lowest BCUT2D eigenvalue weighted by atomic mass is 10.1. The van der Waals surface area contributed by atoms with E-state index in [2.05, 4.69) is 20.3 Å². The number of aromatic nitrogens is 4. The number of carbonyl (C=O) groups is 1. The molecule has 0 radical (unpaired) electrons. The summed E-state index contributed by atoms with van der Waals surface area (Å²) in [7, 11) is 1.37. The number of anilines is 1. The molecule has 0 saturated carbocycles. The molecule has 0 fully saturated rings. The Morgan fingerprint density at radius 2 is 1.91 bits per heavy atom. The number of rotatable bonds is 1. The molecule has 0 spiro atoms. The zero-order valence-corrected chi connectivity index (χ0v) is 12.2. The number of fused-ring (bicyclic) bond motifs is 2. The van der Waals surface area contributed by atoms with Crippen LogP contribution in [-0.2, 0) is 11.8 Å². The van der Waals surface area contributed by atoms with Crippen molar-refractivity contribution in [3.63, 3.8) is 0 Å². The first kappa shape index (κ1) is 13.9. The van der Waals surface area contributed by atoms with Gasteiger partial charge in [0.2, 0.25) is 5.91 Å². The van der Waals surface area contributed by atoms with E-state index in [0.717, 1.165) is 10.1 Å². The van der Waals surface area contributed by atoms with Crippen LogP contribution < -0.4 is 16.6 Å². The minimum Gasteiger partial charge on any atom is -0.326 e. The van der Waals surface area contributed by atoms with Gasteiger partial charge in [-0.3, -0.25) is 19.1 Å². The van der Waals surface area contributed by atoms with Crippen molar-refractivity contribution in [2.24, 2.45) is 7.05 Å². The monoisotopic (exact) mass is 299 g/mol. The van der Waals surface area contributed by atoms with Crippen molar-refractivity contribution in [3.05, 3.63) is 38.5 Å². The van der Waals surface area contributed by atoms with E-state index < -0.39 is 11.2 Å². The van der Waals surface area contributed by atoms with E-state index >= 15 is 0 Å². The number of aryl methyl sites for hydroxylation is 1. The third kappa shape index (κ3) is 2.14. The Kier molecular flexibility index (Phi) is 3.01. The first-order valence-electron chi connectivity index (χ1n) is 6.56. The third-order valence-electron chi connectivity index (χ3n) is 3.36. The van der Waals surface area contributed by atoms with Crippen LogP contribution in [0.1, 0.15) is 12.5 Å². The molecule has 0 aliphatic heterocycles. The molecule has 2 N–H and O–H groups in total. The average molecular weight is 299 g/mol. The van der Waals surface area contributed by atoms with Crippen molar-refractivity contribution in [2.75, 3.05) is 5.32 Å². The van der Waals surface area contributed by atoms with Gasteiger partial charge in [-0.2, -0.15) is 0 Å². The third-order valence-corrected chi connectivity index (χ3v) is 3.36. The lowest BCUT2D eigenvalue weighted by Crippen LogP contribution is -2.33. The number of carbonyl (C=O) groups excluding carboxylic acids is 1. The van der Waals surface area contributed by atoms with Gasteiger partial charge in [-0.1, -0.05) is 0 Å². The van der Waals surface area contributed by atoms with E-state index in [-0.39, 0.29) is 17.1 Å². The zero-order valence-electron chi connectivity index (χ0n) is 12.2. The van der Waals surface area contributed by atoms with Gasteiger partial charge in [-0.05, 0) is 24.6 Å². The maximum Gasteiger partial charge on any atom is 0.329 e. The molecule has 1 aromatic carbocycles. The number of hydrogen-bond donors (Lipinski definition) is 2. The average Bonchev–Trinajstić information content (AvgIpc) is 2.44. The first-order valence-corrected chi connectivity index (χ1v) is 6.56. The normalized spacial score (nSPS) is 11.0. The van der Waals surface area contributed by atoms with Crippen molar-refractivity contribution in [1.82, 2.24) is 19.5 Å². The summed E-state index contributed by atoms with van der Waals surface area (Å²) in [6.45, 7) is 3.23. The smallest absolute Gasteiger partial charge is 0.326 e. The second-order valence-corrected chi connectivity index (χ2v) is 5.05. The fraction of sp³-hybridized carbons (Fsp3) is 0.214. The molecule has 8 nitrogen and oxygen atoms in total. The minimum absolute atomic E-state index is 0.0984. The molecular weight excluding hydrogens is 286 g/mol. The number of nitrogens with zero attached hydrogens (tertiary/aromatic N) is 3. The van der Waals surface area contributed by atoms with Crippen molar-refractivity contribution >= 4 is 33.8 Å². The van der Waals surface area contributed by atoms with Crippen molar-refractivity contribution in [3.8, 4) is 0 Å². The lowest BCUT2D eigenvalue weighted by Gasteiger charge is -2.08. The molecule has 0 aliphatic rings. The van der Waals surface area contributed by atoms with E-state index in [1.807, 2.05) is 6.92 Å². The van der Waals surface area contributed by atoms with Gasteiger partial charge in [-0.15, -0.1) is 0 Å². The molecule has 3 aromatic rings. The number of hydrogen-bond acceptors (Lipinski definition) is 5. The lowest BCUT2D eigenvalue weighted by molar-refractivity contribution is -0.114. The molecule has 2 heterocycles. The number of nitrogens with one attached hydrogen (secondary N) is 2. The minimum atomic E-state index is -0.555. The quantitative estimate of drug-likeness (QED) is 0.633. The molecule has 2 aromatic heterocycles. The number of benzene rings is 1. The molecule has 0 aliphatic carbocycles. The molecule has 3 rings (SSSR count). The summed E-state index contributed by atoms with van der Waals surface area (Å²) in [4.78, 5) is 46.0. The summed E-state index contributed by atoms with van der Waals surface area (Å²) in [5.74, 6) is -0.196. The van der Waals surface area contributed by atoms with Crippen LogP contribution in [-0.4, -0.2) is 25.4 Å². The highest BCUT2D eigenvalue weighted by Crippen LogP contribution is 2.22. The zero-order chi connectivity index (χ0) is 16.0. The predicted molar refractivity (Wildman–Crippen MR) is 81.9 cm³/mol. The van der Waals surface area contributed by atoms with E-state index in [9.17, 15) is 14.4 Å². The van der Waals surface area contributed by atoms with Crippen LogP contribution in [0.5, 0.6) is 0 Å². The number of amides is 1. The highest BCUT2D eigenvalue weighted by Gasteiger charge is 2.11. The van der Waals surface area contributed by atoms with Gasteiger partial charge in [0.25, 0.3) is 5.56 Å². The van der Waals surface area contributed by atoms with Gasteiger partial charge < -0.3 is 5.32 Å². The Morgan fingerprint density at radius 1 is 1.23 bits per heavy atom. The molecule has 1 amide bonds. The maximum absolute atomic E-state index is 12.1. The number of aromatic amines is 1. The predicted octanol–water partition coefficient (Wildman–Crippen LogP) is 0.437. The number of H-pyrrole nitrogens is 1. The molecule has 0 atom stereocenters. The molecule has 0 bridgehead atoms. The van der Waals surface area contributed by atoms with Crippen LogP contribution >= 0.6 is 0 Å². The highest BCUT2D eigenvalue weighted by molar-refractivity contribution is 5.94. The van der Waals surface area contributed by atoms with Gasteiger partial charge in [0.05, 0.1) is 11.0 Å². The summed E-state index contributed by atoms with van der Waals surface area (Å²) in [5.41, 5.74) is 1.57. The second kappa shape index (κ2) is 4.76. The summed E-state index contributed by atoms with van der Waals surface area (Å²) in [5, 5.41) is 2.70. The van der Waals surface area contributed by atoms with Gasteiger partial charge >= 0.3 is 5.69 Å². The first-order chi connectivity index (χ1) is 10.4. The van der Waals surface area contributed by atoms with Crippen molar-refractivity contribution < 1.29 is 4.79 Å². The van der Waals surface area contributed by atoms with Crippen molar-refractivity contribution in [1.29, 1.82) is 0 Å². The molecule has 0 unspecified atom stereocenters. The van der Waals surface area contributed by atoms with Crippen LogP contribution in [0.4, 0.5) is 5.69 Å². The van der Waals surface area contributed by atoms with Crippen LogP contribution in [0.2, 0.25) is 0 Å². The van der Waals surface area contributed by atoms with E-state index in [4.69, 9.17) is 0 Å². The summed E-state index contributed by atoms with van der Waals surface area (Å²) in [6.07, 6.45) is 0. The second-order valence-electron chi connectivity index (χ2n) is 5.05. The van der Waals surface area contributed by atoms with Crippen molar-refractivity contribution in [2.45, 2.75) is 13.8 Å². The summed E-state index contributed by atoms with van der Waals surface area (Å²) >= 11 is 0. The van der Waals surface area contributed by atoms with Gasteiger partial charge in [0.1, 0.15) is 0 Å². The summed E-state index contributed by atoms with van der Waals surface area (Å²) < 4.78 is 0.946. The maximum atomic E-state index is 12.1. The van der Waals surface area contributed by atoms with Gasteiger partial charge in [-0.25, -0.2) is 14.8 Å². The fourth-order valence-electron chi connectivity index (χ4n) is 2.20. The van der Waals surface area contributed by atoms with E-state index in [0.29, 0.717) is 16.7 Å². The largest absolute Gasteiger partial charge is 0.329 e.